The van der Waals surface area contributed by atoms with Crippen molar-refractivity contribution in [3.8, 4) is 5.75 Å². The Kier molecular flexibility index (Phi) is 6.34. The zero-order chi connectivity index (χ0) is 22.5. The summed E-state index contributed by atoms with van der Waals surface area (Å²) in [6.45, 7) is 0.597. The van der Waals surface area contributed by atoms with Crippen LogP contribution < -0.4 is 15.4 Å². The number of aromatic amines is 1. The Balaban J connectivity index is 1.25. The van der Waals surface area contributed by atoms with E-state index in [9.17, 15) is 14.4 Å². The van der Waals surface area contributed by atoms with Crippen LogP contribution in [0.1, 0.15) is 17.8 Å². The average molecular weight is 435 g/mol. The number of para-hydroxylation sites is 3. The van der Waals surface area contributed by atoms with Crippen molar-refractivity contribution in [2.24, 2.45) is 0 Å². The fraction of sp³-hybridized carbons (Fsp3) is 0.304. The Morgan fingerprint density at radius 3 is 2.72 bits per heavy atom. The molecule has 1 atom stereocenters. The van der Waals surface area contributed by atoms with Gasteiger partial charge in [-0.05, 0) is 30.2 Å². The lowest BCUT2D eigenvalue weighted by Gasteiger charge is -2.14. The zero-order valence-electron chi connectivity index (χ0n) is 17.8. The number of H-pyrrole nitrogens is 1. The number of amides is 4. The Morgan fingerprint density at radius 2 is 1.91 bits per heavy atom. The van der Waals surface area contributed by atoms with E-state index < -0.39 is 18.0 Å². The van der Waals surface area contributed by atoms with Gasteiger partial charge in [-0.25, -0.2) is 9.78 Å². The molecule has 4 rings (SSSR count). The molecule has 1 saturated heterocycles. The molecular weight excluding hydrogens is 410 g/mol. The number of rotatable bonds is 9. The van der Waals surface area contributed by atoms with Gasteiger partial charge in [-0.2, -0.15) is 0 Å². The first-order chi connectivity index (χ1) is 15.5. The second-order valence-corrected chi connectivity index (χ2v) is 7.56. The van der Waals surface area contributed by atoms with E-state index in [-0.39, 0.29) is 18.9 Å². The van der Waals surface area contributed by atoms with Crippen LogP contribution in [0.5, 0.6) is 5.75 Å². The van der Waals surface area contributed by atoms with Crippen molar-refractivity contribution >= 4 is 28.9 Å². The maximum Gasteiger partial charge on any atom is 0.324 e. The van der Waals surface area contributed by atoms with E-state index in [1.54, 1.807) is 7.11 Å². The molecule has 1 aliphatic heterocycles. The molecule has 3 N–H and O–H groups in total. The summed E-state index contributed by atoms with van der Waals surface area (Å²) in [7, 11) is 1.58. The van der Waals surface area contributed by atoms with E-state index in [1.807, 2.05) is 48.5 Å². The smallest absolute Gasteiger partial charge is 0.324 e. The fourth-order valence-corrected chi connectivity index (χ4v) is 3.77. The van der Waals surface area contributed by atoms with Gasteiger partial charge in [0.05, 0.1) is 24.6 Å². The van der Waals surface area contributed by atoms with Crippen LogP contribution in [-0.2, 0) is 22.4 Å². The second-order valence-electron chi connectivity index (χ2n) is 7.56. The highest BCUT2D eigenvalue weighted by Gasteiger charge is 2.38. The molecule has 0 spiro atoms. The van der Waals surface area contributed by atoms with Crippen LogP contribution >= 0.6 is 0 Å². The second kappa shape index (κ2) is 9.51. The first-order valence-electron chi connectivity index (χ1n) is 10.5. The van der Waals surface area contributed by atoms with Crippen molar-refractivity contribution in [3.63, 3.8) is 0 Å². The van der Waals surface area contributed by atoms with E-state index in [1.165, 1.54) is 0 Å². The van der Waals surface area contributed by atoms with Gasteiger partial charge in [-0.15, -0.1) is 0 Å². The van der Waals surface area contributed by atoms with Crippen LogP contribution in [0.4, 0.5) is 4.79 Å². The molecule has 0 aliphatic carbocycles. The number of carbonyl (C=O) groups excluding carboxylic acids is 3. The van der Waals surface area contributed by atoms with Gasteiger partial charge >= 0.3 is 6.03 Å². The van der Waals surface area contributed by atoms with E-state index in [4.69, 9.17) is 4.74 Å². The van der Waals surface area contributed by atoms with Crippen LogP contribution in [0, 0.1) is 0 Å². The van der Waals surface area contributed by atoms with Gasteiger partial charge in [-0.3, -0.25) is 14.5 Å². The van der Waals surface area contributed by atoms with Gasteiger partial charge in [0.2, 0.25) is 5.91 Å². The Hall–Kier alpha value is -3.88. The van der Waals surface area contributed by atoms with Crippen molar-refractivity contribution in [1.29, 1.82) is 0 Å². The summed E-state index contributed by atoms with van der Waals surface area (Å²) in [4.78, 5) is 46.0. The van der Waals surface area contributed by atoms with Crippen molar-refractivity contribution < 1.29 is 19.1 Å². The number of imide groups is 1. The highest BCUT2D eigenvalue weighted by atomic mass is 16.5. The summed E-state index contributed by atoms with van der Waals surface area (Å²) in [5, 5.41) is 5.39. The molecule has 9 nitrogen and oxygen atoms in total. The van der Waals surface area contributed by atoms with Crippen molar-refractivity contribution in [2.45, 2.75) is 25.3 Å². The molecule has 9 heteroatoms. The first-order valence-corrected chi connectivity index (χ1v) is 10.5. The Labute approximate surface area is 185 Å². The van der Waals surface area contributed by atoms with E-state index in [2.05, 4.69) is 20.6 Å². The minimum absolute atomic E-state index is 0.101. The quantitative estimate of drug-likeness (QED) is 0.443. The number of carbonyl (C=O) groups is 3. The summed E-state index contributed by atoms with van der Waals surface area (Å²) in [5.41, 5.74) is 2.73. The number of aromatic nitrogens is 2. The monoisotopic (exact) mass is 435 g/mol. The molecule has 2 heterocycles. The van der Waals surface area contributed by atoms with Crippen LogP contribution in [0.25, 0.3) is 11.0 Å². The minimum Gasteiger partial charge on any atom is -0.496 e. The normalized spacial score (nSPS) is 15.8. The van der Waals surface area contributed by atoms with E-state index in [0.29, 0.717) is 25.1 Å². The van der Waals surface area contributed by atoms with Gasteiger partial charge in [0.1, 0.15) is 17.6 Å². The van der Waals surface area contributed by atoms with E-state index in [0.717, 1.165) is 27.3 Å². The van der Waals surface area contributed by atoms with Crippen LogP contribution in [-0.4, -0.2) is 59.0 Å². The Morgan fingerprint density at radius 1 is 1.12 bits per heavy atom. The SMILES string of the molecule is COc1ccccc1CCN1C(=O)NC(CC(=O)NCCc2nc3ccccc3[nH]2)C1=O. The third-order valence-electron chi connectivity index (χ3n) is 5.42. The number of hydrogen-bond donors (Lipinski definition) is 3. The van der Waals surface area contributed by atoms with Gasteiger partial charge < -0.3 is 20.4 Å². The molecule has 0 radical (unpaired) electrons. The summed E-state index contributed by atoms with van der Waals surface area (Å²) in [6.07, 6.45) is 0.909. The topological polar surface area (TPSA) is 116 Å². The third-order valence-corrected chi connectivity index (χ3v) is 5.42. The molecular formula is C23H25N5O4. The lowest BCUT2D eigenvalue weighted by molar-refractivity contribution is -0.130. The van der Waals surface area contributed by atoms with Gasteiger partial charge in [0.25, 0.3) is 5.91 Å². The lowest BCUT2D eigenvalue weighted by Crippen LogP contribution is -2.37. The predicted octanol–water partition coefficient (Wildman–Crippen LogP) is 1.78. The molecule has 4 amide bonds. The number of methoxy groups -OCH3 is 1. The number of ether oxygens (including phenoxy) is 1. The third kappa shape index (κ3) is 4.72. The minimum atomic E-state index is -0.855. The molecule has 1 unspecified atom stereocenters. The van der Waals surface area contributed by atoms with Crippen LogP contribution in [0.2, 0.25) is 0 Å². The number of nitrogens with zero attached hydrogens (tertiary/aromatic N) is 2. The van der Waals surface area contributed by atoms with E-state index >= 15 is 0 Å². The molecule has 166 valence electrons. The summed E-state index contributed by atoms with van der Waals surface area (Å²) in [6, 6.07) is 13.8. The number of urea groups is 1. The molecule has 2 aromatic carbocycles. The van der Waals surface area contributed by atoms with Crippen LogP contribution in [0.15, 0.2) is 48.5 Å². The maximum atomic E-state index is 12.6. The first kappa shape index (κ1) is 21.4. The fourth-order valence-electron chi connectivity index (χ4n) is 3.77. The number of fused-ring (bicyclic) bond motifs is 1. The molecule has 1 aliphatic rings. The molecule has 0 saturated carbocycles. The largest absolute Gasteiger partial charge is 0.496 e. The molecule has 3 aromatic rings. The van der Waals surface area contributed by atoms with Crippen molar-refractivity contribution in [2.75, 3.05) is 20.2 Å². The van der Waals surface area contributed by atoms with Crippen molar-refractivity contribution in [1.82, 2.24) is 25.5 Å². The molecule has 1 aromatic heterocycles. The number of hydrogen-bond acceptors (Lipinski definition) is 5. The number of nitrogens with one attached hydrogen (secondary N) is 3. The number of imidazole rings is 1. The van der Waals surface area contributed by atoms with Gasteiger partial charge in [0, 0.05) is 19.5 Å². The highest BCUT2D eigenvalue weighted by molar-refractivity contribution is 6.05. The molecule has 32 heavy (non-hydrogen) atoms. The molecule has 0 bridgehead atoms. The zero-order valence-corrected chi connectivity index (χ0v) is 17.8. The Bertz CT molecular complexity index is 1110. The predicted molar refractivity (Wildman–Crippen MR) is 118 cm³/mol. The molecule has 1 fully saturated rings. The standard InChI is InChI=1S/C23H25N5O4/c1-32-19-9-5-2-6-15(19)11-13-28-22(30)18(27-23(28)31)14-21(29)24-12-10-20-25-16-7-3-4-8-17(16)26-20/h2-9,18H,10-14H2,1H3,(H,24,29)(H,25,26)(H,27,31). The van der Waals surface area contributed by atoms with Crippen LogP contribution in [0.3, 0.4) is 0 Å². The maximum absolute atomic E-state index is 12.6. The van der Waals surface area contributed by atoms with Crippen molar-refractivity contribution in [3.05, 3.63) is 59.9 Å². The summed E-state index contributed by atoms with van der Waals surface area (Å²) >= 11 is 0. The summed E-state index contributed by atoms with van der Waals surface area (Å²) in [5.74, 6) is 0.794. The average Bonchev–Trinajstić information content (AvgIpc) is 3.32. The van der Waals surface area contributed by atoms with Gasteiger partial charge in [-0.1, -0.05) is 30.3 Å². The number of benzene rings is 2. The highest BCUT2D eigenvalue weighted by Crippen LogP contribution is 2.19. The van der Waals surface area contributed by atoms with Gasteiger partial charge in [0.15, 0.2) is 0 Å². The summed E-state index contributed by atoms with van der Waals surface area (Å²) < 4.78 is 5.31. The lowest BCUT2D eigenvalue weighted by atomic mass is 10.1.